The molecule has 0 spiro atoms. The van der Waals surface area contributed by atoms with Gasteiger partial charge < -0.3 is 15.3 Å². The second-order valence-corrected chi connectivity index (χ2v) is 13.7. The largest absolute Gasteiger partial charge is 0.507 e. The van der Waals surface area contributed by atoms with Crippen LogP contribution in [0.2, 0.25) is 0 Å². The molecule has 0 unspecified atom stereocenters. The highest BCUT2D eigenvalue weighted by molar-refractivity contribution is 6.14. The molecule has 0 saturated heterocycles. The molecule has 0 aliphatic carbocycles. The van der Waals surface area contributed by atoms with Crippen molar-refractivity contribution >= 4 is 33.7 Å². The minimum atomic E-state index is -1.04. The first-order valence-electron chi connectivity index (χ1n) is 16.6. The number of nitrogens with zero attached hydrogens (tertiary/aromatic N) is 1. The molecule has 5 heteroatoms. The number of benzene rings is 7. The summed E-state index contributed by atoms with van der Waals surface area (Å²) in [7, 11) is 0. The highest BCUT2D eigenvalue weighted by atomic mass is 16.4. The third-order valence-corrected chi connectivity index (χ3v) is 9.20. The third-order valence-electron chi connectivity index (χ3n) is 9.20. The van der Waals surface area contributed by atoms with Gasteiger partial charge in [0.25, 0.3) is 0 Å². The minimum Gasteiger partial charge on any atom is -0.507 e. The number of aliphatic imine (C=N–C) groups is 1. The number of fused-ring (bicyclic) bond motifs is 2. The number of hydrogen-bond acceptors (Lipinski definition) is 4. The van der Waals surface area contributed by atoms with E-state index in [1.54, 1.807) is 6.07 Å². The molecule has 0 amide bonds. The van der Waals surface area contributed by atoms with Crippen LogP contribution in [-0.2, 0) is 4.79 Å². The van der Waals surface area contributed by atoms with Crippen LogP contribution < -0.4 is 0 Å². The van der Waals surface area contributed by atoms with E-state index in [1.165, 1.54) is 6.21 Å². The summed E-state index contributed by atoms with van der Waals surface area (Å²) in [6, 6.07) is 45.0. The SMILES string of the molecule is CC(C)(C)[C@H](N=Cc1cc2ccccc2c(-c2c(O)c(-c3cc(-c4ccccc4)cc(-c4ccccc4)c3)cc3ccccc23)c1O)C(=O)O. The zero-order valence-corrected chi connectivity index (χ0v) is 28.1. The van der Waals surface area contributed by atoms with E-state index in [0.717, 1.165) is 49.4 Å². The second kappa shape index (κ2) is 13.0. The highest BCUT2D eigenvalue weighted by Crippen LogP contribution is 2.50. The number of carbonyl (C=O) groups is 1. The molecule has 0 aliphatic rings. The van der Waals surface area contributed by atoms with Crippen molar-refractivity contribution in [2.75, 3.05) is 0 Å². The van der Waals surface area contributed by atoms with Crippen LogP contribution in [0.4, 0.5) is 0 Å². The molecule has 0 fully saturated rings. The summed E-state index contributed by atoms with van der Waals surface area (Å²) in [5, 5.41) is 37.7. The predicted octanol–water partition coefficient (Wildman–Crippen LogP) is 11.0. The minimum absolute atomic E-state index is 0.0283. The standard InChI is InChI=1S/C45H37NO4/c1-45(2,3)43(44(49)50)46-27-35-22-30-18-10-12-20-36(30)39(41(35)47)40-37-21-13-11-19-31(37)26-38(42(40)48)34-24-32(28-14-6-4-7-15-28)23-33(25-34)29-16-8-5-9-17-29/h4-27,43,47-48H,1-3H3,(H,49,50)/t43-/m1/s1. The molecule has 0 aliphatic heterocycles. The molecule has 1 atom stereocenters. The lowest BCUT2D eigenvalue weighted by atomic mass is 9.86. The molecule has 7 aromatic rings. The van der Waals surface area contributed by atoms with Gasteiger partial charge in [0.05, 0.1) is 0 Å². The zero-order chi connectivity index (χ0) is 35.0. The van der Waals surface area contributed by atoms with E-state index in [1.807, 2.05) is 112 Å². The molecular weight excluding hydrogens is 618 g/mol. The Labute approximate surface area is 291 Å². The Morgan fingerprint density at radius 2 is 1.04 bits per heavy atom. The predicted molar refractivity (Wildman–Crippen MR) is 205 cm³/mol. The van der Waals surface area contributed by atoms with Gasteiger partial charge in [0.1, 0.15) is 11.5 Å². The summed E-state index contributed by atoms with van der Waals surface area (Å²) in [6.07, 6.45) is 1.44. The number of phenols is 2. The van der Waals surface area contributed by atoms with Gasteiger partial charge in [-0.15, -0.1) is 0 Å². The number of phenolic OH excluding ortho intramolecular Hbond substituents is 2. The van der Waals surface area contributed by atoms with Gasteiger partial charge in [-0.05, 0) is 85.1 Å². The van der Waals surface area contributed by atoms with Gasteiger partial charge in [0.2, 0.25) is 0 Å². The van der Waals surface area contributed by atoms with Gasteiger partial charge in [-0.25, -0.2) is 4.79 Å². The van der Waals surface area contributed by atoms with Crippen molar-refractivity contribution in [3.8, 4) is 56.0 Å². The molecule has 0 saturated carbocycles. The first-order valence-corrected chi connectivity index (χ1v) is 16.6. The van der Waals surface area contributed by atoms with Crippen LogP contribution in [0, 0.1) is 5.41 Å². The van der Waals surface area contributed by atoms with Crippen molar-refractivity contribution < 1.29 is 20.1 Å². The molecule has 0 bridgehead atoms. The molecule has 0 heterocycles. The van der Waals surface area contributed by atoms with E-state index in [0.29, 0.717) is 22.3 Å². The molecule has 5 nitrogen and oxygen atoms in total. The van der Waals surface area contributed by atoms with E-state index in [2.05, 4.69) is 47.5 Å². The number of aromatic hydroxyl groups is 2. The first-order chi connectivity index (χ1) is 24.1. The molecule has 246 valence electrons. The Morgan fingerprint density at radius 1 is 0.580 bits per heavy atom. The highest BCUT2D eigenvalue weighted by Gasteiger charge is 2.30. The van der Waals surface area contributed by atoms with Gasteiger partial charge in [-0.1, -0.05) is 130 Å². The molecular formula is C45H37NO4. The Morgan fingerprint density at radius 3 is 1.56 bits per heavy atom. The Kier molecular flexibility index (Phi) is 8.42. The smallest absolute Gasteiger partial charge is 0.328 e. The van der Waals surface area contributed by atoms with Crippen molar-refractivity contribution in [1.29, 1.82) is 0 Å². The van der Waals surface area contributed by atoms with Crippen LogP contribution in [0.5, 0.6) is 11.5 Å². The van der Waals surface area contributed by atoms with Gasteiger partial charge in [0.15, 0.2) is 6.04 Å². The summed E-state index contributed by atoms with van der Waals surface area (Å²) in [4.78, 5) is 16.6. The van der Waals surface area contributed by atoms with Crippen molar-refractivity contribution in [3.63, 3.8) is 0 Å². The summed E-state index contributed by atoms with van der Waals surface area (Å²) in [6.45, 7) is 5.46. The fourth-order valence-corrected chi connectivity index (χ4v) is 6.71. The summed E-state index contributed by atoms with van der Waals surface area (Å²) in [5.41, 5.74) is 6.22. The summed E-state index contributed by atoms with van der Waals surface area (Å²) in [5.74, 6) is -1.11. The van der Waals surface area contributed by atoms with Gasteiger partial charge in [0, 0.05) is 28.5 Å². The van der Waals surface area contributed by atoms with Gasteiger partial charge in [-0.3, -0.25) is 4.99 Å². The van der Waals surface area contributed by atoms with E-state index < -0.39 is 17.4 Å². The molecule has 3 N–H and O–H groups in total. The van der Waals surface area contributed by atoms with E-state index in [9.17, 15) is 20.1 Å². The van der Waals surface area contributed by atoms with Crippen LogP contribution in [-0.4, -0.2) is 33.5 Å². The normalized spacial score (nSPS) is 12.5. The van der Waals surface area contributed by atoms with Gasteiger partial charge >= 0.3 is 5.97 Å². The van der Waals surface area contributed by atoms with E-state index in [-0.39, 0.29) is 11.5 Å². The Hall–Kier alpha value is -6.20. The first kappa shape index (κ1) is 32.4. The lowest BCUT2D eigenvalue weighted by Gasteiger charge is -2.23. The Balaban J connectivity index is 1.52. The quantitative estimate of drug-likeness (QED) is 0.149. The van der Waals surface area contributed by atoms with Crippen molar-refractivity contribution in [2.45, 2.75) is 26.8 Å². The fraction of sp³-hybridized carbons (Fsp3) is 0.111. The molecule has 7 rings (SSSR count). The molecule has 0 radical (unpaired) electrons. The maximum atomic E-state index is 12.5. The number of carboxylic acids is 1. The summed E-state index contributed by atoms with van der Waals surface area (Å²) < 4.78 is 0. The average molecular weight is 656 g/mol. The number of aliphatic carboxylic acids is 1. The maximum Gasteiger partial charge on any atom is 0.328 e. The number of carboxylic acid groups (broad SMARTS) is 1. The lowest BCUT2D eigenvalue weighted by molar-refractivity contribution is -0.140. The van der Waals surface area contributed by atoms with E-state index >= 15 is 0 Å². The number of hydrogen-bond donors (Lipinski definition) is 3. The van der Waals surface area contributed by atoms with Crippen LogP contribution in [0.25, 0.3) is 66.1 Å². The van der Waals surface area contributed by atoms with Crippen LogP contribution >= 0.6 is 0 Å². The van der Waals surface area contributed by atoms with Crippen LogP contribution in [0.15, 0.2) is 145 Å². The fourth-order valence-electron chi connectivity index (χ4n) is 6.71. The topological polar surface area (TPSA) is 90.1 Å². The molecule has 7 aromatic carbocycles. The van der Waals surface area contributed by atoms with Crippen molar-refractivity contribution in [2.24, 2.45) is 10.4 Å². The van der Waals surface area contributed by atoms with Crippen LogP contribution in [0.1, 0.15) is 26.3 Å². The molecule has 50 heavy (non-hydrogen) atoms. The maximum absolute atomic E-state index is 12.5. The van der Waals surface area contributed by atoms with Crippen LogP contribution in [0.3, 0.4) is 0 Å². The van der Waals surface area contributed by atoms with E-state index in [4.69, 9.17) is 0 Å². The number of rotatable bonds is 7. The lowest BCUT2D eigenvalue weighted by Crippen LogP contribution is -2.32. The Bertz CT molecular complexity index is 2350. The second-order valence-electron chi connectivity index (χ2n) is 13.7. The molecule has 0 aromatic heterocycles. The summed E-state index contributed by atoms with van der Waals surface area (Å²) >= 11 is 0. The van der Waals surface area contributed by atoms with Crippen molar-refractivity contribution in [3.05, 3.63) is 145 Å². The average Bonchev–Trinajstić information content (AvgIpc) is 3.12. The zero-order valence-electron chi connectivity index (χ0n) is 28.1. The monoisotopic (exact) mass is 655 g/mol. The third kappa shape index (κ3) is 6.10. The van der Waals surface area contributed by atoms with Crippen molar-refractivity contribution in [1.82, 2.24) is 0 Å². The van der Waals surface area contributed by atoms with Gasteiger partial charge in [-0.2, -0.15) is 0 Å².